The van der Waals surface area contributed by atoms with Crippen LogP contribution in [0.3, 0.4) is 0 Å². The minimum Gasteiger partial charge on any atom is -0.376 e. The Labute approximate surface area is 141 Å². The number of aromatic nitrogens is 3. The number of benzene rings is 1. The highest BCUT2D eigenvalue weighted by Gasteiger charge is 2.18. The SMILES string of the molecule is O=C(NCCc1nnc2n1CCCC2)c1cccc2c1CCOC2. The molecule has 4 rings (SSSR count). The summed E-state index contributed by atoms with van der Waals surface area (Å²) < 4.78 is 7.67. The second kappa shape index (κ2) is 6.73. The van der Waals surface area contributed by atoms with Crippen LogP contribution in [0.15, 0.2) is 18.2 Å². The van der Waals surface area contributed by atoms with Gasteiger partial charge in [0.05, 0.1) is 13.2 Å². The Kier molecular flexibility index (Phi) is 4.30. The lowest BCUT2D eigenvalue weighted by Crippen LogP contribution is -2.29. The Morgan fingerprint density at radius 2 is 2.21 bits per heavy atom. The summed E-state index contributed by atoms with van der Waals surface area (Å²) in [6.07, 6.45) is 4.91. The third-order valence-electron chi connectivity index (χ3n) is 4.84. The zero-order valence-electron chi connectivity index (χ0n) is 13.8. The van der Waals surface area contributed by atoms with Crippen molar-refractivity contribution < 1.29 is 9.53 Å². The molecule has 6 nitrogen and oxygen atoms in total. The summed E-state index contributed by atoms with van der Waals surface area (Å²) in [5.41, 5.74) is 3.03. The molecule has 1 N–H and O–H groups in total. The van der Waals surface area contributed by atoms with Crippen LogP contribution in [0.5, 0.6) is 0 Å². The number of aryl methyl sites for hydroxylation is 1. The second-order valence-electron chi connectivity index (χ2n) is 6.39. The molecule has 2 aliphatic heterocycles. The van der Waals surface area contributed by atoms with Gasteiger partial charge in [0.15, 0.2) is 0 Å². The number of ether oxygens (including phenoxy) is 1. The molecular formula is C18H22N4O2. The predicted octanol–water partition coefficient (Wildman–Crippen LogP) is 1.66. The van der Waals surface area contributed by atoms with Gasteiger partial charge in [-0.1, -0.05) is 12.1 Å². The highest BCUT2D eigenvalue weighted by atomic mass is 16.5. The minimum absolute atomic E-state index is 0.00728. The van der Waals surface area contributed by atoms with Crippen LogP contribution in [-0.2, 0) is 37.2 Å². The lowest BCUT2D eigenvalue weighted by molar-refractivity contribution is 0.0941. The van der Waals surface area contributed by atoms with Gasteiger partial charge >= 0.3 is 0 Å². The number of nitrogens with zero attached hydrogens (tertiary/aromatic N) is 3. The van der Waals surface area contributed by atoms with Crippen LogP contribution in [0, 0.1) is 0 Å². The first-order chi connectivity index (χ1) is 11.8. The van der Waals surface area contributed by atoms with Crippen molar-refractivity contribution in [1.29, 1.82) is 0 Å². The van der Waals surface area contributed by atoms with Gasteiger partial charge in [0, 0.05) is 31.5 Å². The molecule has 126 valence electrons. The number of carbonyl (C=O) groups excluding carboxylic acids is 1. The van der Waals surface area contributed by atoms with Gasteiger partial charge in [0.2, 0.25) is 0 Å². The largest absolute Gasteiger partial charge is 0.376 e. The summed E-state index contributed by atoms with van der Waals surface area (Å²) in [6, 6.07) is 5.86. The molecule has 2 aromatic rings. The number of fused-ring (bicyclic) bond motifs is 2. The standard InChI is InChI=1S/C18H22N4O2/c23-18(15-5-3-4-13-12-24-11-8-14(13)15)19-9-7-17-21-20-16-6-1-2-10-22(16)17/h3-5H,1-2,6-12H2,(H,19,23). The van der Waals surface area contributed by atoms with Crippen molar-refractivity contribution in [2.75, 3.05) is 13.2 Å². The van der Waals surface area contributed by atoms with Crippen molar-refractivity contribution in [2.45, 2.75) is 45.3 Å². The molecule has 1 aromatic heterocycles. The molecule has 0 spiro atoms. The minimum atomic E-state index is -0.00728. The van der Waals surface area contributed by atoms with Crippen LogP contribution in [-0.4, -0.2) is 33.8 Å². The molecule has 24 heavy (non-hydrogen) atoms. The van der Waals surface area contributed by atoms with Crippen LogP contribution in [0.1, 0.15) is 46.0 Å². The molecule has 0 radical (unpaired) electrons. The number of carbonyl (C=O) groups is 1. The fourth-order valence-electron chi connectivity index (χ4n) is 3.57. The average molecular weight is 326 g/mol. The van der Waals surface area contributed by atoms with Crippen molar-refractivity contribution >= 4 is 5.91 Å². The zero-order chi connectivity index (χ0) is 16.4. The van der Waals surface area contributed by atoms with Crippen molar-refractivity contribution in [2.24, 2.45) is 0 Å². The quantitative estimate of drug-likeness (QED) is 0.928. The molecule has 6 heteroatoms. The molecule has 0 saturated heterocycles. The third kappa shape index (κ3) is 2.94. The summed E-state index contributed by atoms with van der Waals surface area (Å²) in [6.45, 7) is 2.86. The maximum atomic E-state index is 12.5. The number of amides is 1. The third-order valence-corrected chi connectivity index (χ3v) is 4.84. The molecule has 0 unspecified atom stereocenters. The van der Waals surface area contributed by atoms with E-state index >= 15 is 0 Å². The van der Waals surface area contributed by atoms with Gasteiger partial charge in [-0.3, -0.25) is 4.79 Å². The maximum absolute atomic E-state index is 12.5. The Morgan fingerprint density at radius 1 is 1.25 bits per heavy atom. The van der Waals surface area contributed by atoms with Gasteiger partial charge in [0.1, 0.15) is 11.6 Å². The van der Waals surface area contributed by atoms with Crippen molar-refractivity contribution in [3.8, 4) is 0 Å². The first-order valence-electron chi connectivity index (χ1n) is 8.70. The number of nitrogens with one attached hydrogen (secondary N) is 1. The molecule has 0 bridgehead atoms. The fraction of sp³-hybridized carbons (Fsp3) is 0.500. The lowest BCUT2D eigenvalue weighted by Gasteiger charge is -2.19. The van der Waals surface area contributed by atoms with E-state index in [2.05, 4.69) is 20.1 Å². The molecule has 0 aliphatic carbocycles. The molecule has 1 amide bonds. The van der Waals surface area contributed by atoms with E-state index in [4.69, 9.17) is 4.74 Å². The second-order valence-corrected chi connectivity index (χ2v) is 6.39. The van der Waals surface area contributed by atoms with Gasteiger partial charge < -0.3 is 14.6 Å². The summed E-state index contributed by atoms with van der Waals surface area (Å²) >= 11 is 0. The van der Waals surface area contributed by atoms with Crippen LogP contribution in [0.4, 0.5) is 0 Å². The smallest absolute Gasteiger partial charge is 0.251 e. The van der Waals surface area contributed by atoms with Crippen LogP contribution >= 0.6 is 0 Å². The summed E-state index contributed by atoms with van der Waals surface area (Å²) in [5.74, 6) is 2.06. The Bertz CT molecular complexity index is 753. The molecular weight excluding hydrogens is 304 g/mol. The van der Waals surface area contributed by atoms with Crippen LogP contribution in [0.2, 0.25) is 0 Å². The van der Waals surface area contributed by atoms with Crippen LogP contribution < -0.4 is 5.32 Å². The van der Waals surface area contributed by atoms with Gasteiger partial charge in [-0.2, -0.15) is 0 Å². The van der Waals surface area contributed by atoms with Crippen molar-refractivity contribution in [3.05, 3.63) is 46.5 Å². The lowest BCUT2D eigenvalue weighted by atomic mass is 9.97. The monoisotopic (exact) mass is 326 g/mol. The predicted molar refractivity (Wildman–Crippen MR) is 88.8 cm³/mol. The van der Waals surface area contributed by atoms with Gasteiger partial charge in [-0.25, -0.2) is 0 Å². The highest BCUT2D eigenvalue weighted by Crippen LogP contribution is 2.21. The van der Waals surface area contributed by atoms with Gasteiger partial charge in [0.25, 0.3) is 5.91 Å². The zero-order valence-corrected chi connectivity index (χ0v) is 13.8. The van der Waals surface area contributed by atoms with E-state index in [0.717, 1.165) is 54.1 Å². The summed E-state index contributed by atoms with van der Waals surface area (Å²) in [4.78, 5) is 12.5. The molecule has 2 aliphatic rings. The van der Waals surface area contributed by atoms with E-state index in [-0.39, 0.29) is 5.91 Å². The Hall–Kier alpha value is -2.21. The van der Waals surface area contributed by atoms with E-state index in [0.29, 0.717) is 19.8 Å². The Morgan fingerprint density at radius 3 is 3.17 bits per heavy atom. The van der Waals surface area contributed by atoms with E-state index in [1.54, 1.807) is 0 Å². The molecule has 0 atom stereocenters. The van der Waals surface area contributed by atoms with Gasteiger partial charge in [-0.15, -0.1) is 10.2 Å². The van der Waals surface area contributed by atoms with Crippen molar-refractivity contribution in [1.82, 2.24) is 20.1 Å². The van der Waals surface area contributed by atoms with E-state index in [1.165, 1.54) is 12.8 Å². The summed E-state index contributed by atoms with van der Waals surface area (Å²) in [5, 5.41) is 11.6. The fourth-order valence-corrected chi connectivity index (χ4v) is 3.57. The van der Waals surface area contributed by atoms with Gasteiger partial charge in [-0.05, 0) is 36.5 Å². The average Bonchev–Trinajstić information content (AvgIpc) is 3.04. The van der Waals surface area contributed by atoms with Crippen molar-refractivity contribution in [3.63, 3.8) is 0 Å². The molecule has 0 saturated carbocycles. The van der Waals surface area contributed by atoms with Crippen LogP contribution in [0.25, 0.3) is 0 Å². The maximum Gasteiger partial charge on any atom is 0.251 e. The molecule has 3 heterocycles. The van der Waals surface area contributed by atoms with E-state index in [1.807, 2.05) is 18.2 Å². The highest BCUT2D eigenvalue weighted by molar-refractivity contribution is 5.96. The number of hydrogen-bond donors (Lipinski definition) is 1. The summed E-state index contributed by atoms with van der Waals surface area (Å²) in [7, 11) is 0. The topological polar surface area (TPSA) is 69.0 Å². The molecule has 1 aromatic carbocycles. The first-order valence-corrected chi connectivity index (χ1v) is 8.70. The number of rotatable bonds is 4. The van der Waals surface area contributed by atoms with E-state index < -0.39 is 0 Å². The Balaban J connectivity index is 1.40. The van der Waals surface area contributed by atoms with E-state index in [9.17, 15) is 4.79 Å². The molecule has 0 fully saturated rings. The normalized spacial score (nSPS) is 16.3. The number of hydrogen-bond acceptors (Lipinski definition) is 4. The first kappa shape index (κ1) is 15.3.